The summed E-state index contributed by atoms with van der Waals surface area (Å²) in [5, 5.41) is 10.2. The Morgan fingerprint density at radius 1 is 1.21 bits per heavy atom. The first-order valence-electron chi connectivity index (χ1n) is 16.6. The quantitative estimate of drug-likeness (QED) is 0.252. The van der Waals surface area contributed by atoms with Gasteiger partial charge in [0, 0.05) is 55.9 Å². The summed E-state index contributed by atoms with van der Waals surface area (Å²) in [5.41, 5.74) is 9.65. The van der Waals surface area contributed by atoms with Crippen molar-refractivity contribution in [1.82, 2.24) is 25.2 Å². The second kappa shape index (κ2) is 13.1. The van der Waals surface area contributed by atoms with Crippen LogP contribution in [0.3, 0.4) is 0 Å². The molecule has 0 aromatic carbocycles. The number of halogens is 5. The van der Waals surface area contributed by atoms with Gasteiger partial charge in [-0.3, -0.25) is 9.59 Å². The number of hydrogen-bond donors (Lipinski definition) is 3. The molecule has 2 aromatic rings. The molecule has 6 unspecified atom stereocenters. The van der Waals surface area contributed by atoms with E-state index in [0.29, 0.717) is 55.1 Å². The molecule has 4 aliphatic rings. The van der Waals surface area contributed by atoms with Crippen LogP contribution in [0.5, 0.6) is 0 Å². The van der Waals surface area contributed by atoms with Crippen molar-refractivity contribution in [2.75, 3.05) is 19.8 Å². The van der Waals surface area contributed by atoms with Crippen LogP contribution in [0.2, 0.25) is 0 Å². The number of hydrogen-bond acceptors (Lipinski definition) is 6. The third-order valence-electron chi connectivity index (χ3n) is 10.3. The number of nitrogens with zero attached hydrogens (tertiary/aromatic N) is 3. The summed E-state index contributed by atoms with van der Waals surface area (Å²) in [6.45, 7) is 4.08. The van der Waals surface area contributed by atoms with Crippen molar-refractivity contribution in [3.8, 4) is 0 Å². The number of rotatable bonds is 9. The predicted molar refractivity (Wildman–Crippen MR) is 162 cm³/mol. The van der Waals surface area contributed by atoms with E-state index in [9.17, 15) is 31.5 Å². The Hall–Kier alpha value is -3.13. The highest BCUT2D eigenvalue weighted by atomic mass is 19.4. The predicted octanol–water partition coefficient (Wildman–Crippen LogP) is 5.15. The summed E-state index contributed by atoms with van der Waals surface area (Å²) in [6.07, 6.45) is -0.538. The molecule has 6 rings (SSSR count). The fraction of sp³-hybridized carbons (Fsp3) is 0.697. The van der Waals surface area contributed by atoms with Crippen LogP contribution in [-0.2, 0) is 20.7 Å². The number of nitrogens with one attached hydrogen (secondary N) is 2. The van der Waals surface area contributed by atoms with Crippen LogP contribution in [0.1, 0.15) is 94.1 Å². The lowest BCUT2D eigenvalue weighted by Crippen LogP contribution is -2.47. The van der Waals surface area contributed by atoms with Gasteiger partial charge in [0.05, 0.1) is 36.2 Å². The molecule has 2 aliphatic carbocycles. The van der Waals surface area contributed by atoms with Gasteiger partial charge in [-0.05, 0) is 75.8 Å². The SMILES string of the molecule is CC(C)=C(C(=O)NC(c1cn2nc(CC3CC(C(F)(F)F)CNC3=O)c(C3CCOC3)cc2n1)C1CCCC(F)(F)C1)C(N)C1CC1. The molecule has 0 bridgehead atoms. The van der Waals surface area contributed by atoms with Crippen LogP contribution in [-0.4, -0.2) is 64.3 Å². The minimum atomic E-state index is -4.44. The fourth-order valence-corrected chi connectivity index (χ4v) is 7.55. The molecule has 4 heterocycles. The Kier molecular flexibility index (Phi) is 9.38. The number of allylic oxidation sites excluding steroid dienone is 1. The number of aromatic nitrogens is 3. The van der Waals surface area contributed by atoms with Crippen molar-refractivity contribution in [1.29, 1.82) is 0 Å². The van der Waals surface area contributed by atoms with E-state index >= 15 is 0 Å². The minimum absolute atomic E-state index is 0.00824. The van der Waals surface area contributed by atoms with Gasteiger partial charge in [0.15, 0.2) is 5.65 Å². The van der Waals surface area contributed by atoms with Crippen molar-refractivity contribution in [2.45, 2.75) is 102 Å². The molecule has 2 saturated heterocycles. The number of ether oxygens (including phenoxy) is 1. The number of piperidine rings is 1. The van der Waals surface area contributed by atoms with Crippen LogP contribution in [0.15, 0.2) is 23.4 Å². The van der Waals surface area contributed by atoms with Crippen LogP contribution >= 0.6 is 0 Å². The molecule has 6 atom stereocenters. The first kappa shape index (κ1) is 33.8. The van der Waals surface area contributed by atoms with Crippen molar-refractivity contribution >= 4 is 17.5 Å². The van der Waals surface area contributed by atoms with Crippen LogP contribution in [0.25, 0.3) is 5.65 Å². The number of alkyl halides is 5. The van der Waals surface area contributed by atoms with Gasteiger partial charge >= 0.3 is 6.18 Å². The third kappa shape index (κ3) is 7.48. The number of nitrogens with two attached hydrogens (primary N) is 1. The van der Waals surface area contributed by atoms with E-state index in [0.717, 1.165) is 24.0 Å². The molecule has 47 heavy (non-hydrogen) atoms. The van der Waals surface area contributed by atoms with Gasteiger partial charge < -0.3 is 21.1 Å². The average molecular weight is 667 g/mol. The lowest BCUT2D eigenvalue weighted by Gasteiger charge is -2.34. The molecule has 2 amide bonds. The van der Waals surface area contributed by atoms with E-state index in [1.165, 1.54) is 4.52 Å². The van der Waals surface area contributed by atoms with Crippen molar-refractivity contribution < 1.29 is 36.3 Å². The van der Waals surface area contributed by atoms with Gasteiger partial charge in [-0.2, -0.15) is 18.3 Å². The van der Waals surface area contributed by atoms with Gasteiger partial charge in [-0.25, -0.2) is 18.3 Å². The van der Waals surface area contributed by atoms with E-state index in [-0.39, 0.29) is 31.1 Å². The number of imidazole rings is 1. The molecule has 258 valence electrons. The number of carbonyl (C=O) groups is 2. The van der Waals surface area contributed by atoms with Gasteiger partial charge in [0.1, 0.15) is 0 Å². The van der Waals surface area contributed by atoms with Gasteiger partial charge in [0.2, 0.25) is 17.7 Å². The second-order valence-corrected chi connectivity index (χ2v) is 14.1. The minimum Gasteiger partial charge on any atom is -0.381 e. The lowest BCUT2D eigenvalue weighted by atomic mass is 9.80. The maximum absolute atomic E-state index is 14.7. The second-order valence-electron chi connectivity index (χ2n) is 14.1. The van der Waals surface area contributed by atoms with Gasteiger partial charge in [-0.1, -0.05) is 5.57 Å². The highest BCUT2D eigenvalue weighted by molar-refractivity contribution is 5.95. The van der Waals surface area contributed by atoms with E-state index < -0.39 is 66.7 Å². The smallest absolute Gasteiger partial charge is 0.381 e. The summed E-state index contributed by atoms with van der Waals surface area (Å²) < 4.78 is 77.3. The normalized spacial score (nSPS) is 27.7. The Labute approximate surface area is 270 Å². The Morgan fingerprint density at radius 2 is 1.98 bits per heavy atom. The third-order valence-corrected chi connectivity index (χ3v) is 10.3. The summed E-state index contributed by atoms with van der Waals surface area (Å²) in [4.78, 5) is 31.3. The zero-order valence-corrected chi connectivity index (χ0v) is 26.7. The summed E-state index contributed by atoms with van der Waals surface area (Å²) in [7, 11) is 0. The summed E-state index contributed by atoms with van der Waals surface area (Å²) in [5.74, 6) is -6.81. The molecule has 0 radical (unpaired) electrons. The maximum atomic E-state index is 14.7. The van der Waals surface area contributed by atoms with Crippen LogP contribution in [0.4, 0.5) is 22.0 Å². The molecule has 2 aromatic heterocycles. The van der Waals surface area contributed by atoms with Gasteiger partial charge in [0.25, 0.3) is 0 Å². The van der Waals surface area contributed by atoms with Crippen LogP contribution in [0, 0.1) is 23.7 Å². The van der Waals surface area contributed by atoms with E-state index in [2.05, 4.69) is 10.6 Å². The largest absolute Gasteiger partial charge is 0.393 e. The van der Waals surface area contributed by atoms with E-state index in [1.54, 1.807) is 12.3 Å². The molecule has 4 fully saturated rings. The maximum Gasteiger partial charge on any atom is 0.393 e. The average Bonchev–Trinajstić information content (AvgIpc) is 3.54. The molecule has 2 aliphatic heterocycles. The van der Waals surface area contributed by atoms with Crippen molar-refractivity contribution in [2.24, 2.45) is 29.4 Å². The molecule has 14 heteroatoms. The lowest BCUT2D eigenvalue weighted by molar-refractivity contribution is -0.183. The first-order valence-corrected chi connectivity index (χ1v) is 16.6. The molecule has 0 spiro atoms. The Bertz CT molecular complexity index is 1530. The number of carbonyl (C=O) groups excluding carboxylic acids is 2. The summed E-state index contributed by atoms with van der Waals surface area (Å²) >= 11 is 0. The zero-order valence-electron chi connectivity index (χ0n) is 26.7. The highest BCUT2D eigenvalue weighted by Gasteiger charge is 2.45. The fourth-order valence-electron chi connectivity index (χ4n) is 7.55. The topological polar surface area (TPSA) is 124 Å². The molecule has 4 N–H and O–H groups in total. The highest BCUT2D eigenvalue weighted by Crippen LogP contribution is 2.43. The summed E-state index contributed by atoms with van der Waals surface area (Å²) in [6, 6.07) is 0.491. The van der Waals surface area contributed by atoms with Crippen LogP contribution < -0.4 is 16.4 Å². The molecule has 9 nitrogen and oxygen atoms in total. The van der Waals surface area contributed by atoms with Crippen molar-refractivity contribution in [3.05, 3.63) is 40.4 Å². The molecular formula is C33H43F5N6O3. The molecular weight excluding hydrogens is 623 g/mol. The zero-order chi connectivity index (χ0) is 33.7. The first-order chi connectivity index (χ1) is 22.2. The standard InChI is InChI=1S/C33H43F5N6O3/c1-17(2)27(28(39)18-5-6-18)31(46)42-29(19-4-3-8-32(34,35)13-19)25-15-44-26(41-25)12-23(20-7-9-47-16-20)24(43-44)11-21-10-22(33(36,37)38)14-40-30(21)45/h12,15,18-22,28-29H,3-11,13-14,16,39H2,1-2H3,(H,40,45)(H,42,46). The Balaban J connectivity index is 1.36. The van der Waals surface area contributed by atoms with Gasteiger partial charge in [-0.15, -0.1) is 0 Å². The monoisotopic (exact) mass is 666 g/mol. The number of amides is 2. The molecule has 2 saturated carbocycles. The van der Waals surface area contributed by atoms with E-state index in [1.807, 2.05) is 13.8 Å². The Morgan fingerprint density at radius 3 is 2.62 bits per heavy atom. The number of fused-ring (bicyclic) bond motifs is 1. The van der Waals surface area contributed by atoms with Crippen molar-refractivity contribution in [3.63, 3.8) is 0 Å². The van der Waals surface area contributed by atoms with E-state index in [4.69, 9.17) is 20.6 Å².